The van der Waals surface area contributed by atoms with Crippen molar-refractivity contribution in [2.24, 2.45) is 5.92 Å². The lowest BCUT2D eigenvalue weighted by atomic mass is 9.82. The molecule has 220 valence electrons. The fraction of sp³-hybridized carbons (Fsp3) is 0.567. The van der Waals surface area contributed by atoms with Crippen molar-refractivity contribution in [3.05, 3.63) is 53.6 Å². The Morgan fingerprint density at radius 2 is 1.73 bits per heavy atom. The van der Waals surface area contributed by atoms with Crippen LogP contribution < -0.4 is 14.2 Å². The third kappa shape index (κ3) is 6.72. The van der Waals surface area contributed by atoms with Crippen molar-refractivity contribution in [2.45, 2.75) is 52.0 Å². The van der Waals surface area contributed by atoms with Gasteiger partial charge in [-0.25, -0.2) is 12.7 Å². The quantitative estimate of drug-likeness (QED) is 0.303. The van der Waals surface area contributed by atoms with Crippen LogP contribution in [0.15, 0.2) is 42.5 Å². The number of sulfonamides is 1. The van der Waals surface area contributed by atoms with Gasteiger partial charge in [-0.15, -0.1) is 0 Å². The van der Waals surface area contributed by atoms with E-state index in [2.05, 4.69) is 11.8 Å². The summed E-state index contributed by atoms with van der Waals surface area (Å²) in [4.78, 5) is 15.8. The Hall–Kier alpha value is -2.82. The van der Waals surface area contributed by atoms with Gasteiger partial charge in [-0.2, -0.15) is 0 Å². The summed E-state index contributed by atoms with van der Waals surface area (Å²) in [5.74, 6) is 1.26. The van der Waals surface area contributed by atoms with Gasteiger partial charge in [-0.3, -0.25) is 9.69 Å². The van der Waals surface area contributed by atoms with E-state index < -0.39 is 15.9 Å². The average molecular weight is 575 g/mol. The van der Waals surface area contributed by atoms with Crippen molar-refractivity contribution in [1.29, 1.82) is 0 Å². The van der Waals surface area contributed by atoms with Crippen LogP contribution in [0.2, 0.25) is 0 Å². The Morgan fingerprint density at radius 3 is 2.40 bits per heavy atom. The van der Waals surface area contributed by atoms with Gasteiger partial charge >= 0.3 is 5.97 Å². The van der Waals surface area contributed by atoms with E-state index in [9.17, 15) is 13.2 Å². The lowest BCUT2D eigenvalue weighted by molar-refractivity contribution is -0.149. The van der Waals surface area contributed by atoms with E-state index >= 15 is 0 Å². The molecular weight excluding hydrogens is 532 g/mol. The molecule has 1 saturated heterocycles. The van der Waals surface area contributed by atoms with Crippen LogP contribution in [0.5, 0.6) is 17.2 Å². The van der Waals surface area contributed by atoms with Gasteiger partial charge in [0.2, 0.25) is 16.8 Å². The number of esters is 1. The summed E-state index contributed by atoms with van der Waals surface area (Å²) in [6.45, 7) is 8.11. The second kappa shape index (κ2) is 13.7. The molecule has 9 nitrogen and oxygen atoms in total. The van der Waals surface area contributed by atoms with Gasteiger partial charge in [0, 0.05) is 38.1 Å². The first-order valence-corrected chi connectivity index (χ1v) is 15.9. The van der Waals surface area contributed by atoms with Crippen molar-refractivity contribution in [3.63, 3.8) is 0 Å². The lowest BCUT2D eigenvalue weighted by Crippen LogP contribution is -2.40. The average Bonchev–Trinajstić information content (AvgIpc) is 3.57. The fourth-order valence-corrected chi connectivity index (χ4v) is 7.26. The van der Waals surface area contributed by atoms with Gasteiger partial charge in [0.25, 0.3) is 0 Å². The minimum absolute atomic E-state index is 0.129. The Bertz CT molecular complexity index is 1240. The SMILES string of the molecule is CCCCN(CCN1C[C@H](c2ccc3c(c2)OCO3)[C@@H](C(=O)OCC)[C@@H]1c1ccc(OC)cc1)S(=O)(=O)CCC. The molecule has 0 spiro atoms. The zero-order valence-electron chi connectivity index (χ0n) is 24.0. The van der Waals surface area contributed by atoms with E-state index in [4.69, 9.17) is 18.9 Å². The van der Waals surface area contributed by atoms with Crippen LogP contribution in [-0.2, 0) is 19.6 Å². The van der Waals surface area contributed by atoms with Crippen LogP contribution in [0, 0.1) is 5.92 Å². The molecule has 40 heavy (non-hydrogen) atoms. The second-order valence-electron chi connectivity index (χ2n) is 10.3. The topological polar surface area (TPSA) is 94.6 Å². The van der Waals surface area contributed by atoms with E-state index in [0.717, 1.165) is 29.7 Å². The first-order valence-electron chi connectivity index (χ1n) is 14.2. The smallest absolute Gasteiger partial charge is 0.311 e. The number of likely N-dealkylation sites (tertiary alicyclic amines) is 1. The van der Waals surface area contributed by atoms with E-state index in [1.807, 2.05) is 56.3 Å². The molecule has 0 aliphatic carbocycles. The van der Waals surface area contributed by atoms with Crippen LogP contribution in [0.25, 0.3) is 0 Å². The number of fused-ring (bicyclic) bond motifs is 1. The predicted molar refractivity (Wildman–Crippen MR) is 153 cm³/mol. The first kappa shape index (κ1) is 30.1. The third-order valence-corrected chi connectivity index (χ3v) is 9.77. The van der Waals surface area contributed by atoms with Crippen molar-refractivity contribution < 1.29 is 32.2 Å². The standard InChI is InChI=1S/C30H42N2O7S/c1-5-8-15-32(40(34,35)18-6-2)17-16-31-20-25(23-11-14-26-27(19-23)39-21-38-26)28(30(33)37-7-3)29(31)22-9-12-24(36-4)13-10-22/h9-14,19,25,28-29H,5-8,15-18,20-21H2,1-4H3/t25-,28-,29+/m1/s1. The Morgan fingerprint density at radius 1 is 1.00 bits per heavy atom. The molecule has 2 aliphatic heterocycles. The fourth-order valence-electron chi connectivity index (χ4n) is 5.72. The summed E-state index contributed by atoms with van der Waals surface area (Å²) >= 11 is 0. The molecule has 3 atom stereocenters. The first-order chi connectivity index (χ1) is 19.3. The molecule has 2 aromatic carbocycles. The molecule has 0 amide bonds. The lowest BCUT2D eigenvalue weighted by Gasteiger charge is -2.30. The second-order valence-corrected chi connectivity index (χ2v) is 12.4. The Kier molecular flexibility index (Phi) is 10.3. The molecule has 0 aromatic heterocycles. The number of carbonyl (C=O) groups is 1. The van der Waals surface area contributed by atoms with Crippen molar-refractivity contribution >= 4 is 16.0 Å². The number of benzene rings is 2. The monoisotopic (exact) mass is 574 g/mol. The number of hydrogen-bond acceptors (Lipinski definition) is 8. The maximum atomic E-state index is 13.6. The van der Waals surface area contributed by atoms with Crippen molar-refractivity contribution in [3.8, 4) is 17.2 Å². The minimum atomic E-state index is -3.37. The van der Waals surface area contributed by atoms with E-state index in [-0.39, 0.29) is 37.1 Å². The zero-order valence-corrected chi connectivity index (χ0v) is 24.8. The summed E-state index contributed by atoms with van der Waals surface area (Å²) in [5, 5.41) is 0. The maximum Gasteiger partial charge on any atom is 0.311 e. The van der Waals surface area contributed by atoms with Crippen LogP contribution in [0.4, 0.5) is 0 Å². The van der Waals surface area contributed by atoms with Gasteiger partial charge in [0.1, 0.15) is 5.75 Å². The molecule has 2 heterocycles. The highest BCUT2D eigenvalue weighted by atomic mass is 32.2. The Balaban J connectivity index is 1.71. The highest BCUT2D eigenvalue weighted by molar-refractivity contribution is 7.89. The normalized spacial score (nSPS) is 20.7. The number of rotatable bonds is 14. The number of hydrogen-bond donors (Lipinski definition) is 0. The number of nitrogens with zero attached hydrogens (tertiary/aromatic N) is 2. The van der Waals surface area contributed by atoms with Crippen molar-refractivity contribution in [1.82, 2.24) is 9.21 Å². The van der Waals surface area contributed by atoms with Gasteiger partial charge in [0.05, 0.1) is 25.4 Å². The summed E-state index contributed by atoms with van der Waals surface area (Å²) in [5.41, 5.74) is 1.92. The molecule has 2 aliphatic rings. The predicted octanol–water partition coefficient (Wildman–Crippen LogP) is 4.59. The Labute approximate surface area is 238 Å². The van der Waals surface area contributed by atoms with Crippen LogP contribution in [-0.4, -0.2) is 76.0 Å². The van der Waals surface area contributed by atoms with E-state index in [0.29, 0.717) is 44.1 Å². The molecule has 2 aromatic rings. The molecule has 0 bridgehead atoms. The molecule has 0 saturated carbocycles. The van der Waals surface area contributed by atoms with Gasteiger partial charge in [-0.1, -0.05) is 38.5 Å². The minimum Gasteiger partial charge on any atom is -0.497 e. The molecular formula is C30H42N2O7S. The highest BCUT2D eigenvalue weighted by Crippen LogP contribution is 2.48. The molecule has 10 heteroatoms. The number of methoxy groups -OCH3 is 1. The van der Waals surface area contributed by atoms with Crippen LogP contribution >= 0.6 is 0 Å². The van der Waals surface area contributed by atoms with Crippen LogP contribution in [0.1, 0.15) is 63.1 Å². The van der Waals surface area contributed by atoms with Gasteiger partial charge < -0.3 is 18.9 Å². The van der Waals surface area contributed by atoms with Crippen molar-refractivity contribution in [2.75, 3.05) is 52.4 Å². The highest BCUT2D eigenvalue weighted by Gasteiger charge is 2.48. The van der Waals surface area contributed by atoms with Gasteiger partial charge in [0.15, 0.2) is 11.5 Å². The molecule has 0 N–H and O–H groups in total. The summed E-state index contributed by atoms with van der Waals surface area (Å²) in [7, 11) is -1.75. The molecule has 0 unspecified atom stereocenters. The number of unbranched alkanes of at least 4 members (excludes halogenated alkanes) is 1. The number of ether oxygens (including phenoxy) is 4. The summed E-state index contributed by atoms with van der Waals surface area (Å²) < 4.78 is 50.0. The summed E-state index contributed by atoms with van der Waals surface area (Å²) in [6, 6.07) is 13.3. The maximum absolute atomic E-state index is 13.6. The molecule has 4 rings (SSSR count). The largest absolute Gasteiger partial charge is 0.497 e. The van der Waals surface area contributed by atoms with E-state index in [1.165, 1.54) is 0 Å². The van der Waals surface area contributed by atoms with E-state index in [1.54, 1.807) is 11.4 Å². The zero-order chi connectivity index (χ0) is 28.7. The molecule has 1 fully saturated rings. The summed E-state index contributed by atoms with van der Waals surface area (Å²) in [6.07, 6.45) is 2.28. The van der Waals surface area contributed by atoms with Gasteiger partial charge in [-0.05, 0) is 55.2 Å². The number of carbonyl (C=O) groups excluding carboxylic acids is 1. The third-order valence-electron chi connectivity index (χ3n) is 7.69. The molecule has 0 radical (unpaired) electrons. The van der Waals surface area contributed by atoms with Crippen LogP contribution in [0.3, 0.4) is 0 Å².